The van der Waals surface area contributed by atoms with Gasteiger partial charge in [0.2, 0.25) is 0 Å². The lowest BCUT2D eigenvalue weighted by atomic mass is 10.2. The molecule has 1 saturated heterocycles. The van der Waals surface area contributed by atoms with E-state index in [9.17, 15) is 4.79 Å². The maximum Gasteiger partial charge on any atom is 0.265 e. The van der Waals surface area contributed by atoms with Gasteiger partial charge in [0.1, 0.15) is 5.75 Å². The minimum atomic E-state index is -0.593. The van der Waals surface area contributed by atoms with Crippen LogP contribution in [-0.2, 0) is 4.79 Å². The van der Waals surface area contributed by atoms with Crippen molar-refractivity contribution in [3.05, 3.63) is 53.6 Å². The molecule has 2 aromatic carbocycles. The maximum absolute atomic E-state index is 12.3. The van der Waals surface area contributed by atoms with Gasteiger partial charge in [-0.05, 0) is 68.3 Å². The first-order valence-electron chi connectivity index (χ1n) is 8.20. The number of carbonyl (C=O) groups excluding carboxylic acids is 1. The topological polar surface area (TPSA) is 41.6 Å². The highest BCUT2D eigenvalue weighted by molar-refractivity contribution is 6.30. The van der Waals surface area contributed by atoms with Crippen LogP contribution in [0.3, 0.4) is 0 Å². The lowest BCUT2D eigenvalue weighted by Crippen LogP contribution is -2.30. The van der Waals surface area contributed by atoms with E-state index in [-0.39, 0.29) is 5.91 Å². The molecule has 1 N–H and O–H groups in total. The van der Waals surface area contributed by atoms with Gasteiger partial charge in [0, 0.05) is 29.5 Å². The van der Waals surface area contributed by atoms with Crippen molar-refractivity contribution in [3.8, 4) is 5.75 Å². The number of amides is 1. The van der Waals surface area contributed by atoms with Crippen molar-refractivity contribution in [2.24, 2.45) is 0 Å². The van der Waals surface area contributed by atoms with Crippen molar-refractivity contribution < 1.29 is 9.53 Å². The minimum Gasteiger partial charge on any atom is -0.481 e. The molecule has 1 aliphatic rings. The Morgan fingerprint density at radius 2 is 1.71 bits per heavy atom. The molecule has 5 heteroatoms. The monoisotopic (exact) mass is 344 g/mol. The lowest BCUT2D eigenvalue weighted by molar-refractivity contribution is -0.122. The standard InChI is InChI=1S/C19H21ClN2O2/c1-14(24-18-10-4-15(20)5-11-18)19(23)21-16-6-8-17(9-7-16)22-12-2-3-13-22/h4-11,14H,2-3,12-13H2,1H3,(H,21,23)/t14-/m1/s1. The predicted molar refractivity (Wildman–Crippen MR) is 98.1 cm³/mol. The molecule has 3 rings (SSSR count). The van der Waals surface area contributed by atoms with Crippen LogP contribution >= 0.6 is 11.6 Å². The molecule has 1 heterocycles. The molecular weight excluding hydrogens is 324 g/mol. The molecule has 1 fully saturated rings. The zero-order valence-corrected chi connectivity index (χ0v) is 14.4. The molecule has 0 bridgehead atoms. The van der Waals surface area contributed by atoms with Gasteiger partial charge in [0.25, 0.3) is 5.91 Å². The summed E-state index contributed by atoms with van der Waals surface area (Å²) in [5, 5.41) is 3.52. The largest absolute Gasteiger partial charge is 0.481 e. The molecular formula is C19H21ClN2O2. The van der Waals surface area contributed by atoms with Gasteiger partial charge in [0.15, 0.2) is 6.10 Å². The Bertz CT molecular complexity index is 680. The van der Waals surface area contributed by atoms with Gasteiger partial charge in [-0.2, -0.15) is 0 Å². The van der Waals surface area contributed by atoms with Gasteiger partial charge in [-0.3, -0.25) is 4.79 Å². The number of nitrogens with zero attached hydrogens (tertiary/aromatic N) is 1. The van der Waals surface area contributed by atoms with E-state index in [2.05, 4.69) is 10.2 Å². The summed E-state index contributed by atoms with van der Waals surface area (Å²) in [6.07, 6.45) is 1.90. The van der Waals surface area contributed by atoms with E-state index in [0.717, 1.165) is 18.8 Å². The predicted octanol–water partition coefficient (Wildman–Crippen LogP) is 4.35. The van der Waals surface area contributed by atoms with E-state index < -0.39 is 6.10 Å². The summed E-state index contributed by atoms with van der Waals surface area (Å²) in [5.41, 5.74) is 1.98. The Morgan fingerprint density at radius 3 is 2.33 bits per heavy atom. The van der Waals surface area contributed by atoms with Gasteiger partial charge >= 0.3 is 0 Å². The van der Waals surface area contributed by atoms with Crippen LogP contribution in [0.25, 0.3) is 0 Å². The summed E-state index contributed by atoms with van der Waals surface area (Å²) in [6.45, 7) is 3.94. The molecule has 1 aliphatic heterocycles. The van der Waals surface area contributed by atoms with E-state index in [0.29, 0.717) is 10.8 Å². The van der Waals surface area contributed by atoms with Crippen LogP contribution in [-0.4, -0.2) is 25.1 Å². The smallest absolute Gasteiger partial charge is 0.265 e. The zero-order chi connectivity index (χ0) is 16.9. The number of halogens is 1. The zero-order valence-electron chi connectivity index (χ0n) is 13.7. The molecule has 4 nitrogen and oxygen atoms in total. The molecule has 0 spiro atoms. The van der Waals surface area contributed by atoms with Gasteiger partial charge in [0.05, 0.1) is 0 Å². The number of nitrogens with one attached hydrogen (secondary N) is 1. The van der Waals surface area contributed by atoms with Crippen LogP contribution in [0.1, 0.15) is 19.8 Å². The van der Waals surface area contributed by atoms with Crippen LogP contribution in [0.15, 0.2) is 48.5 Å². The van der Waals surface area contributed by atoms with E-state index in [4.69, 9.17) is 16.3 Å². The second-order valence-corrected chi connectivity index (χ2v) is 6.38. The highest BCUT2D eigenvalue weighted by Crippen LogP contribution is 2.22. The molecule has 1 amide bonds. The van der Waals surface area contributed by atoms with Gasteiger partial charge in [-0.1, -0.05) is 11.6 Å². The molecule has 0 aromatic heterocycles. The third kappa shape index (κ3) is 4.20. The Kier molecular flexibility index (Phi) is 5.26. The molecule has 2 aromatic rings. The number of ether oxygens (including phenoxy) is 1. The Labute approximate surface area is 147 Å². The fourth-order valence-corrected chi connectivity index (χ4v) is 2.87. The van der Waals surface area contributed by atoms with Gasteiger partial charge in [-0.25, -0.2) is 0 Å². The van der Waals surface area contributed by atoms with E-state index in [1.807, 2.05) is 24.3 Å². The summed E-state index contributed by atoms with van der Waals surface area (Å²) in [5.74, 6) is 0.435. The SMILES string of the molecule is C[C@@H](Oc1ccc(Cl)cc1)C(=O)Nc1ccc(N2CCCC2)cc1. The summed E-state index contributed by atoms with van der Waals surface area (Å²) in [7, 11) is 0. The normalized spacial score (nSPS) is 15.2. The van der Waals surface area contributed by atoms with Crippen LogP contribution in [0.2, 0.25) is 5.02 Å². The summed E-state index contributed by atoms with van der Waals surface area (Å²) in [6, 6.07) is 14.9. The van der Waals surface area contributed by atoms with Crippen molar-refractivity contribution in [1.29, 1.82) is 0 Å². The summed E-state index contributed by atoms with van der Waals surface area (Å²) in [4.78, 5) is 14.6. The molecule has 0 aliphatic carbocycles. The first-order valence-corrected chi connectivity index (χ1v) is 8.58. The number of anilines is 2. The first-order chi connectivity index (χ1) is 11.6. The lowest BCUT2D eigenvalue weighted by Gasteiger charge is -2.18. The molecule has 0 unspecified atom stereocenters. The molecule has 126 valence electrons. The number of hydrogen-bond acceptors (Lipinski definition) is 3. The van der Waals surface area contributed by atoms with E-state index >= 15 is 0 Å². The average Bonchev–Trinajstić information content (AvgIpc) is 3.12. The Hall–Kier alpha value is -2.20. The van der Waals surface area contributed by atoms with Crippen LogP contribution in [0.5, 0.6) is 5.75 Å². The number of rotatable bonds is 5. The van der Waals surface area contributed by atoms with Crippen LogP contribution in [0.4, 0.5) is 11.4 Å². The fourth-order valence-electron chi connectivity index (χ4n) is 2.75. The van der Waals surface area contributed by atoms with Crippen LogP contribution < -0.4 is 15.0 Å². The van der Waals surface area contributed by atoms with E-state index in [1.165, 1.54) is 18.5 Å². The Balaban J connectivity index is 1.56. The molecule has 24 heavy (non-hydrogen) atoms. The molecule has 1 atom stereocenters. The quantitative estimate of drug-likeness (QED) is 0.876. The van der Waals surface area contributed by atoms with Gasteiger partial charge in [-0.15, -0.1) is 0 Å². The minimum absolute atomic E-state index is 0.182. The maximum atomic E-state index is 12.3. The van der Waals surface area contributed by atoms with Crippen molar-refractivity contribution in [3.63, 3.8) is 0 Å². The molecule has 0 saturated carbocycles. The fraction of sp³-hybridized carbons (Fsp3) is 0.316. The third-order valence-corrected chi connectivity index (χ3v) is 4.35. The second-order valence-electron chi connectivity index (χ2n) is 5.94. The van der Waals surface area contributed by atoms with Gasteiger partial charge < -0.3 is 15.0 Å². The van der Waals surface area contributed by atoms with E-state index in [1.54, 1.807) is 31.2 Å². The average molecular weight is 345 g/mol. The second kappa shape index (κ2) is 7.58. The summed E-state index contributed by atoms with van der Waals surface area (Å²) < 4.78 is 5.63. The van der Waals surface area contributed by atoms with Crippen molar-refractivity contribution in [1.82, 2.24) is 0 Å². The van der Waals surface area contributed by atoms with Crippen molar-refractivity contribution in [2.45, 2.75) is 25.9 Å². The first kappa shape index (κ1) is 16.7. The summed E-state index contributed by atoms with van der Waals surface area (Å²) >= 11 is 5.84. The van der Waals surface area contributed by atoms with Crippen molar-refractivity contribution in [2.75, 3.05) is 23.3 Å². The number of hydrogen-bond donors (Lipinski definition) is 1. The molecule has 0 radical (unpaired) electrons. The van der Waals surface area contributed by atoms with Crippen molar-refractivity contribution >= 4 is 28.9 Å². The Morgan fingerprint density at radius 1 is 1.08 bits per heavy atom. The van der Waals surface area contributed by atoms with Crippen LogP contribution in [0, 0.1) is 0 Å². The highest BCUT2D eigenvalue weighted by atomic mass is 35.5. The highest BCUT2D eigenvalue weighted by Gasteiger charge is 2.16. The number of carbonyl (C=O) groups is 1. The third-order valence-electron chi connectivity index (χ3n) is 4.10. The number of benzene rings is 2.